The molecule has 3 rings (SSSR count). The predicted octanol–water partition coefficient (Wildman–Crippen LogP) is 3.10. The minimum absolute atomic E-state index is 0.113. The van der Waals surface area contributed by atoms with E-state index in [1.807, 2.05) is 30.3 Å². The van der Waals surface area contributed by atoms with E-state index < -0.39 is 16.0 Å². The smallest absolute Gasteiger partial charge is 0.338 e. The van der Waals surface area contributed by atoms with Gasteiger partial charge >= 0.3 is 5.97 Å². The molecule has 0 spiro atoms. The van der Waals surface area contributed by atoms with E-state index in [4.69, 9.17) is 9.47 Å². The van der Waals surface area contributed by atoms with Crippen LogP contribution in [0.5, 0.6) is 5.75 Å². The molecule has 1 aliphatic heterocycles. The monoisotopic (exact) mass is 389 g/mol. The van der Waals surface area contributed by atoms with Crippen LogP contribution in [0.3, 0.4) is 0 Å². The zero-order chi connectivity index (χ0) is 19.1. The van der Waals surface area contributed by atoms with Gasteiger partial charge in [-0.3, -0.25) is 0 Å². The molecule has 7 heteroatoms. The van der Waals surface area contributed by atoms with Gasteiger partial charge in [0, 0.05) is 13.1 Å². The second-order valence-corrected chi connectivity index (χ2v) is 8.22. The number of sulfonamides is 1. The largest absolute Gasteiger partial charge is 0.490 e. The molecule has 0 aliphatic carbocycles. The summed E-state index contributed by atoms with van der Waals surface area (Å²) in [5.74, 6) is 0.203. The Hall–Kier alpha value is -2.38. The lowest BCUT2D eigenvalue weighted by Gasteiger charge is -2.25. The Bertz CT molecular complexity index is 844. The molecule has 0 amide bonds. The van der Waals surface area contributed by atoms with Crippen molar-refractivity contribution in [3.63, 3.8) is 0 Å². The van der Waals surface area contributed by atoms with E-state index in [1.54, 1.807) is 0 Å². The van der Waals surface area contributed by atoms with Crippen molar-refractivity contribution in [2.24, 2.45) is 0 Å². The lowest BCUT2D eigenvalue weighted by Crippen LogP contribution is -2.35. The number of carbonyl (C=O) groups is 1. The summed E-state index contributed by atoms with van der Waals surface area (Å²) in [6, 6.07) is 15.1. The molecule has 1 aliphatic rings. The molecule has 0 unspecified atom stereocenters. The fourth-order valence-corrected chi connectivity index (χ4v) is 4.43. The van der Waals surface area contributed by atoms with E-state index >= 15 is 0 Å². The van der Waals surface area contributed by atoms with Gasteiger partial charge in [0.15, 0.2) is 0 Å². The first-order chi connectivity index (χ1) is 13.1. The van der Waals surface area contributed by atoms with E-state index in [9.17, 15) is 13.2 Å². The molecule has 0 saturated carbocycles. The summed E-state index contributed by atoms with van der Waals surface area (Å²) in [7, 11) is -3.49. The first-order valence-electron chi connectivity index (χ1n) is 9.02. The number of benzene rings is 2. The van der Waals surface area contributed by atoms with Crippen molar-refractivity contribution in [2.75, 3.05) is 26.3 Å². The van der Waals surface area contributed by atoms with Crippen LogP contribution in [0, 0.1) is 0 Å². The fraction of sp³-hybridized carbons (Fsp3) is 0.350. The Morgan fingerprint density at radius 2 is 1.56 bits per heavy atom. The Labute approximate surface area is 159 Å². The fourth-order valence-electron chi connectivity index (χ4n) is 2.91. The molecule has 6 nitrogen and oxygen atoms in total. The molecule has 144 valence electrons. The van der Waals surface area contributed by atoms with E-state index in [0.29, 0.717) is 24.4 Å². The van der Waals surface area contributed by atoms with Gasteiger partial charge in [-0.25, -0.2) is 13.2 Å². The standard InChI is InChI=1S/C20H23NO5S/c22-20(26-16-15-25-18-7-3-1-4-8-18)17-9-11-19(12-10-17)27(23,24)21-13-5-2-6-14-21/h1,3-4,7-12H,2,5-6,13-16H2. The van der Waals surface area contributed by atoms with Gasteiger partial charge in [0.05, 0.1) is 10.5 Å². The van der Waals surface area contributed by atoms with Crippen molar-refractivity contribution in [1.29, 1.82) is 0 Å². The summed E-state index contributed by atoms with van der Waals surface area (Å²) < 4.78 is 37.3. The van der Waals surface area contributed by atoms with Crippen molar-refractivity contribution in [3.05, 3.63) is 60.2 Å². The Morgan fingerprint density at radius 3 is 2.22 bits per heavy atom. The third-order valence-electron chi connectivity index (χ3n) is 4.37. The maximum absolute atomic E-state index is 12.6. The highest BCUT2D eigenvalue weighted by molar-refractivity contribution is 7.89. The molecule has 0 aromatic heterocycles. The zero-order valence-electron chi connectivity index (χ0n) is 15.0. The van der Waals surface area contributed by atoms with E-state index in [2.05, 4.69) is 0 Å². The van der Waals surface area contributed by atoms with Gasteiger partial charge in [-0.15, -0.1) is 0 Å². The van der Waals surface area contributed by atoms with Crippen LogP contribution in [0.15, 0.2) is 59.5 Å². The van der Waals surface area contributed by atoms with Crippen molar-refractivity contribution >= 4 is 16.0 Å². The average Bonchev–Trinajstić information content (AvgIpc) is 2.72. The summed E-state index contributed by atoms with van der Waals surface area (Å²) in [5.41, 5.74) is 0.312. The molecule has 0 atom stereocenters. The minimum atomic E-state index is -3.49. The van der Waals surface area contributed by atoms with Crippen LogP contribution in [0.2, 0.25) is 0 Å². The van der Waals surface area contributed by atoms with Crippen LogP contribution in [0.4, 0.5) is 0 Å². The zero-order valence-corrected chi connectivity index (χ0v) is 15.9. The number of para-hydroxylation sites is 1. The molecule has 1 fully saturated rings. The van der Waals surface area contributed by atoms with Crippen LogP contribution >= 0.6 is 0 Å². The molecule has 1 saturated heterocycles. The third kappa shape index (κ3) is 5.08. The van der Waals surface area contributed by atoms with Crippen LogP contribution < -0.4 is 4.74 Å². The minimum Gasteiger partial charge on any atom is -0.490 e. The Morgan fingerprint density at radius 1 is 0.889 bits per heavy atom. The number of piperidine rings is 1. The molecule has 2 aromatic rings. The summed E-state index contributed by atoms with van der Waals surface area (Å²) in [6.07, 6.45) is 2.83. The quantitative estimate of drug-likeness (QED) is 0.537. The van der Waals surface area contributed by atoms with Gasteiger partial charge in [0.25, 0.3) is 0 Å². The maximum Gasteiger partial charge on any atom is 0.338 e. The van der Waals surface area contributed by atoms with Crippen LogP contribution in [0.1, 0.15) is 29.6 Å². The number of ether oxygens (including phenoxy) is 2. The van der Waals surface area contributed by atoms with E-state index in [-0.39, 0.29) is 18.1 Å². The van der Waals surface area contributed by atoms with Gasteiger partial charge in [0.1, 0.15) is 19.0 Å². The molecular weight excluding hydrogens is 366 g/mol. The van der Waals surface area contributed by atoms with Crippen molar-refractivity contribution < 1.29 is 22.7 Å². The summed E-state index contributed by atoms with van der Waals surface area (Å²) in [6.45, 7) is 1.46. The van der Waals surface area contributed by atoms with E-state index in [0.717, 1.165) is 19.3 Å². The van der Waals surface area contributed by atoms with Gasteiger partial charge in [0.2, 0.25) is 10.0 Å². The Balaban J connectivity index is 1.52. The number of esters is 1. The normalized spacial score (nSPS) is 15.3. The number of rotatable bonds is 7. The van der Waals surface area contributed by atoms with E-state index in [1.165, 1.54) is 28.6 Å². The molecule has 2 aromatic carbocycles. The van der Waals surface area contributed by atoms with Crippen molar-refractivity contribution in [2.45, 2.75) is 24.2 Å². The summed E-state index contributed by atoms with van der Waals surface area (Å²) >= 11 is 0. The summed E-state index contributed by atoms with van der Waals surface area (Å²) in [5, 5.41) is 0. The van der Waals surface area contributed by atoms with Crippen molar-refractivity contribution in [3.8, 4) is 5.75 Å². The molecular formula is C20H23NO5S. The maximum atomic E-state index is 12.6. The number of nitrogens with zero attached hydrogens (tertiary/aromatic N) is 1. The second-order valence-electron chi connectivity index (χ2n) is 6.29. The van der Waals surface area contributed by atoms with Crippen LogP contribution in [-0.2, 0) is 14.8 Å². The first kappa shape index (κ1) is 19.4. The predicted molar refractivity (Wildman–Crippen MR) is 101 cm³/mol. The first-order valence-corrected chi connectivity index (χ1v) is 10.5. The summed E-state index contributed by atoms with van der Waals surface area (Å²) in [4.78, 5) is 12.3. The lowest BCUT2D eigenvalue weighted by molar-refractivity contribution is 0.0450. The number of hydrogen-bond donors (Lipinski definition) is 0. The lowest BCUT2D eigenvalue weighted by atomic mass is 10.2. The molecule has 1 heterocycles. The highest BCUT2D eigenvalue weighted by Gasteiger charge is 2.26. The van der Waals surface area contributed by atoms with Crippen LogP contribution in [0.25, 0.3) is 0 Å². The third-order valence-corrected chi connectivity index (χ3v) is 6.28. The van der Waals surface area contributed by atoms with Crippen molar-refractivity contribution in [1.82, 2.24) is 4.31 Å². The van der Waals surface area contributed by atoms with Gasteiger partial charge < -0.3 is 9.47 Å². The number of carbonyl (C=O) groups excluding carboxylic acids is 1. The topological polar surface area (TPSA) is 72.9 Å². The van der Waals surface area contributed by atoms with Gasteiger partial charge in [-0.05, 0) is 49.2 Å². The average molecular weight is 389 g/mol. The highest BCUT2D eigenvalue weighted by atomic mass is 32.2. The molecule has 27 heavy (non-hydrogen) atoms. The van der Waals surface area contributed by atoms with Gasteiger partial charge in [-0.2, -0.15) is 4.31 Å². The molecule has 0 bridgehead atoms. The molecule has 0 N–H and O–H groups in total. The van der Waals surface area contributed by atoms with Gasteiger partial charge in [-0.1, -0.05) is 24.6 Å². The van der Waals surface area contributed by atoms with Crippen LogP contribution in [-0.4, -0.2) is 45.0 Å². The second kappa shape index (κ2) is 9.01. The number of hydrogen-bond acceptors (Lipinski definition) is 5. The molecule has 0 radical (unpaired) electrons. The SMILES string of the molecule is O=C(OCCOc1ccccc1)c1ccc(S(=O)(=O)N2CCCCC2)cc1. The Kier molecular flexibility index (Phi) is 6.47. The highest BCUT2D eigenvalue weighted by Crippen LogP contribution is 2.21.